The van der Waals surface area contributed by atoms with Gasteiger partial charge >= 0.3 is 0 Å². The number of unbranched alkanes of at least 4 members (excludes halogenated alkanes) is 5. The zero-order chi connectivity index (χ0) is 20.4. The molecule has 0 saturated carbocycles. The predicted molar refractivity (Wildman–Crippen MR) is 119 cm³/mol. The van der Waals surface area contributed by atoms with Gasteiger partial charge in [-0.25, -0.2) is 0 Å². The van der Waals surface area contributed by atoms with Crippen molar-refractivity contribution >= 4 is 0 Å². The molecule has 0 radical (unpaired) electrons. The molecule has 0 aliphatic rings. The number of hydrogen-bond acceptors (Lipinski definition) is 2. The molecule has 154 valence electrons. The maximum Gasteiger partial charge on any atom is 0.144 e. The molecule has 0 amide bonds. The van der Waals surface area contributed by atoms with Gasteiger partial charge in [-0.1, -0.05) is 105 Å². The third kappa shape index (κ3) is 5.46. The van der Waals surface area contributed by atoms with E-state index in [9.17, 15) is 0 Å². The molecule has 1 unspecified atom stereocenters. The van der Waals surface area contributed by atoms with E-state index in [1.807, 2.05) is 14.2 Å². The molecule has 0 heterocycles. The Morgan fingerprint density at radius 3 is 1.61 bits per heavy atom. The summed E-state index contributed by atoms with van der Waals surface area (Å²) in [6.45, 7) is 6.50. The Hall–Kier alpha value is -1.64. The third-order valence-corrected chi connectivity index (χ3v) is 5.84. The summed E-state index contributed by atoms with van der Waals surface area (Å²) < 4.78 is 12.4. The highest BCUT2D eigenvalue weighted by Crippen LogP contribution is 2.40. The van der Waals surface area contributed by atoms with Crippen LogP contribution in [0.2, 0.25) is 0 Å². The maximum absolute atomic E-state index is 6.31. The van der Waals surface area contributed by atoms with E-state index in [-0.39, 0.29) is 6.10 Å². The number of benzene rings is 2. The monoisotopic (exact) mass is 382 g/mol. The van der Waals surface area contributed by atoms with Crippen molar-refractivity contribution < 1.29 is 9.47 Å². The molecule has 2 heteroatoms. The summed E-state index contributed by atoms with van der Waals surface area (Å²) in [6.07, 6.45) is 8.62. The van der Waals surface area contributed by atoms with E-state index >= 15 is 0 Å². The third-order valence-electron chi connectivity index (χ3n) is 5.84. The van der Waals surface area contributed by atoms with E-state index in [1.54, 1.807) is 0 Å². The van der Waals surface area contributed by atoms with Gasteiger partial charge in [-0.3, -0.25) is 0 Å². The van der Waals surface area contributed by atoms with Crippen molar-refractivity contribution in [2.24, 2.45) is 0 Å². The van der Waals surface area contributed by atoms with E-state index in [0.717, 1.165) is 24.0 Å². The van der Waals surface area contributed by atoms with Crippen molar-refractivity contribution in [3.05, 3.63) is 70.8 Å². The second-order valence-corrected chi connectivity index (χ2v) is 7.95. The second kappa shape index (κ2) is 11.4. The number of ether oxygens (including phenoxy) is 2. The molecular formula is C26H38O2. The fourth-order valence-electron chi connectivity index (χ4n) is 4.11. The molecule has 0 N–H and O–H groups in total. The molecule has 2 aromatic carbocycles. The average molecular weight is 383 g/mol. The van der Waals surface area contributed by atoms with Crippen molar-refractivity contribution in [3.8, 4) is 0 Å². The van der Waals surface area contributed by atoms with Crippen LogP contribution in [0.25, 0.3) is 0 Å². The molecule has 28 heavy (non-hydrogen) atoms. The van der Waals surface area contributed by atoms with E-state index in [1.165, 1.54) is 43.2 Å². The zero-order valence-corrected chi connectivity index (χ0v) is 18.5. The van der Waals surface area contributed by atoms with Crippen LogP contribution in [0.1, 0.15) is 74.1 Å². The Kier molecular flexibility index (Phi) is 9.21. The lowest BCUT2D eigenvalue weighted by Crippen LogP contribution is -2.43. The molecule has 2 aromatic rings. The number of methoxy groups -OCH3 is 2. The van der Waals surface area contributed by atoms with Gasteiger partial charge in [-0.05, 0) is 31.4 Å². The Balaban J connectivity index is 2.32. The van der Waals surface area contributed by atoms with Gasteiger partial charge in [0, 0.05) is 14.2 Å². The zero-order valence-electron chi connectivity index (χ0n) is 18.5. The molecule has 2 nitrogen and oxygen atoms in total. The van der Waals surface area contributed by atoms with Gasteiger partial charge in [0.1, 0.15) is 5.60 Å². The molecule has 0 fully saturated rings. The second-order valence-electron chi connectivity index (χ2n) is 7.95. The molecule has 0 bridgehead atoms. The molecule has 0 saturated heterocycles. The summed E-state index contributed by atoms with van der Waals surface area (Å²) in [4.78, 5) is 0. The van der Waals surface area contributed by atoms with Crippen molar-refractivity contribution in [2.75, 3.05) is 14.2 Å². The lowest BCUT2D eigenvalue weighted by Gasteiger charge is -2.40. The number of hydrogen-bond donors (Lipinski definition) is 0. The minimum atomic E-state index is -0.598. The summed E-state index contributed by atoms with van der Waals surface area (Å²) in [5.41, 5.74) is 4.22. The fourth-order valence-corrected chi connectivity index (χ4v) is 4.11. The van der Waals surface area contributed by atoms with Crippen molar-refractivity contribution in [1.82, 2.24) is 0 Å². The average Bonchev–Trinajstić information content (AvgIpc) is 2.72. The van der Waals surface area contributed by atoms with Gasteiger partial charge in [0.25, 0.3) is 0 Å². The normalized spacial score (nSPS) is 12.9. The first-order chi connectivity index (χ1) is 13.6. The highest BCUT2D eigenvalue weighted by Gasteiger charge is 2.42. The van der Waals surface area contributed by atoms with Crippen molar-refractivity contribution in [1.29, 1.82) is 0 Å². The maximum atomic E-state index is 6.31. The lowest BCUT2D eigenvalue weighted by atomic mass is 9.79. The first-order valence-corrected chi connectivity index (χ1v) is 10.8. The highest BCUT2D eigenvalue weighted by atomic mass is 16.5. The number of aryl methyl sites for hydroxylation is 2. The summed E-state index contributed by atoms with van der Waals surface area (Å²) in [5.74, 6) is 0. The van der Waals surface area contributed by atoms with E-state index in [4.69, 9.17) is 9.47 Å². The van der Waals surface area contributed by atoms with Gasteiger partial charge in [0.2, 0.25) is 0 Å². The SMILES string of the molecule is CCCCCCCCC(OC)C(OC)(c1ccc(C)cc1)c1ccc(C)cc1. The Morgan fingerprint density at radius 1 is 0.714 bits per heavy atom. The molecule has 1 atom stereocenters. The standard InChI is InChI=1S/C26H38O2/c1-6-7-8-9-10-11-12-25(27-4)26(28-5,23-17-13-21(2)14-18-23)24-19-15-22(3)16-20-24/h13-20,25H,6-12H2,1-5H3. The van der Waals surface area contributed by atoms with Gasteiger partial charge < -0.3 is 9.47 Å². The first-order valence-electron chi connectivity index (χ1n) is 10.8. The molecule has 0 aliphatic heterocycles. The first kappa shape index (κ1) is 22.6. The molecule has 0 aromatic heterocycles. The van der Waals surface area contributed by atoms with Gasteiger partial charge in [-0.15, -0.1) is 0 Å². The Morgan fingerprint density at radius 2 is 1.18 bits per heavy atom. The van der Waals surface area contributed by atoms with E-state index in [2.05, 4.69) is 69.3 Å². The predicted octanol–water partition coefficient (Wildman–Crippen LogP) is 6.96. The largest absolute Gasteiger partial charge is 0.378 e. The van der Waals surface area contributed by atoms with Crippen LogP contribution in [0.3, 0.4) is 0 Å². The topological polar surface area (TPSA) is 18.5 Å². The van der Waals surface area contributed by atoms with Crippen LogP contribution in [0.5, 0.6) is 0 Å². The summed E-state index contributed by atoms with van der Waals surface area (Å²) >= 11 is 0. The summed E-state index contributed by atoms with van der Waals surface area (Å²) in [6, 6.07) is 17.4. The Bertz CT molecular complexity index is 627. The molecule has 0 aliphatic carbocycles. The smallest absolute Gasteiger partial charge is 0.144 e. The number of rotatable bonds is 12. The van der Waals surface area contributed by atoms with Crippen molar-refractivity contribution in [2.45, 2.75) is 77.4 Å². The van der Waals surface area contributed by atoms with Crippen molar-refractivity contribution in [3.63, 3.8) is 0 Å². The minimum absolute atomic E-state index is 0.0333. The van der Waals surface area contributed by atoms with E-state index < -0.39 is 5.60 Å². The molecular weight excluding hydrogens is 344 g/mol. The van der Waals surface area contributed by atoms with Gasteiger partial charge in [0.15, 0.2) is 0 Å². The van der Waals surface area contributed by atoms with Gasteiger partial charge in [0.05, 0.1) is 6.10 Å². The fraction of sp³-hybridized carbons (Fsp3) is 0.538. The quantitative estimate of drug-likeness (QED) is 0.369. The van der Waals surface area contributed by atoms with Crippen LogP contribution in [0.15, 0.2) is 48.5 Å². The van der Waals surface area contributed by atoms with Crippen LogP contribution >= 0.6 is 0 Å². The minimum Gasteiger partial charge on any atom is -0.378 e. The van der Waals surface area contributed by atoms with Crippen LogP contribution in [-0.2, 0) is 15.1 Å². The Labute approximate surface area is 172 Å². The van der Waals surface area contributed by atoms with Crippen LogP contribution in [-0.4, -0.2) is 20.3 Å². The molecule has 0 spiro atoms. The van der Waals surface area contributed by atoms with Crippen LogP contribution < -0.4 is 0 Å². The summed E-state index contributed by atoms with van der Waals surface area (Å²) in [7, 11) is 3.63. The van der Waals surface area contributed by atoms with Crippen LogP contribution in [0, 0.1) is 13.8 Å². The molecule has 2 rings (SSSR count). The van der Waals surface area contributed by atoms with Crippen LogP contribution in [0.4, 0.5) is 0 Å². The van der Waals surface area contributed by atoms with E-state index in [0.29, 0.717) is 0 Å². The highest BCUT2D eigenvalue weighted by molar-refractivity contribution is 5.40. The summed E-state index contributed by atoms with van der Waals surface area (Å²) in [5, 5.41) is 0. The van der Waals surface area contributed by atoms with Gasteiger partial charge in [-0.2, -0.15) is 0 Å². The lowest BCUT2D eigenvalue weighted by molar-refractivity contribution is -0.100.